The van der Waals surface area contributed by atoms with Gasteiger partial charge in [0.1, 0.15) is 5.82 Å². The Hall–Kier alpha value is -1.84. The number of carbonyl (C=O) groups excluding carboxylic acids is 1. The first-order valence-electron chi connectivity index (χ1n) is 5.16. The van der Waals surface area contributed by atoms with E-state index in [-0.39, 0.29) is 5.97 Å². The molecule has 0 spiro atoms. The highest BCUT2D eigenvalue weighted by atomic mass is 16.5. The van der Waals surface area contributed by atoms with Crippen LogP contribution in [0.2, 0.25) is 0 Å². The van der Waals surface area contributed by atoms with E-state index in [0.29, 0.717) is 18.0 Å². The number of nitrogens with zero attached hydrogens (tertiary/aromatic N) is 1. The number of aryl methyl sites for hydroxylation is 1. The lowest BCUT2D eigenvalue weighted by molar-refractivity contribution is -0.138. The van der Waals surface area contributed by atoms with Gasteiger partial charge < -0.3 is 10.1 Å². The Morgan fingerprint density at radius 1 is 1.56 bits per heavy atom. The average molecular weight is 220 g/mol. The number of ether oxygens (including phenoxy) is 1. The van der Waals surface area contributed by atoms with E-state index in [1.165, 1.54) is 0 Å². The second kappa shape index (κ2) is 5.90. The summed E-state index contributed by atoms with van der Waals surface area (Å²) in [5, 5.41) is 2.94. The van der Waals surface area contributed by atoms with Crippen molar-refractivity contribution < 1.29 is 9.53 Å². The summed E-state index contributed by atoms with van der Waals surface area (Å²) in [6, 6.07) is 3.80. The number of esters is 1. The van der Waals surface area contributed by atoms with Gasteiger partial charge in [0.2, 0.25) is 0 Å². The summed E-state index contributed by atoms with van der Waals surface area (Å²) in [5.74, 6) is 0.386. The van der Waals surface area contributed by atoms with Crippen molar-refractivity contribution >= 4 is 11.8 Å². The standard InChI is InChI=1S/C12H16N2O2/c1-4-16-12(15)10(3)8-14-11-6-5-9(2)7-13-11/h5-8H,4H2,1-3H3,(H,13,14)/b10-8+. The van der Waals surface area contributed by atoms with Crippen LogP contribution in [0.4, 0.5) is 5.82 Å². The van der Waals surface area contributed by atoms with Crippen molar-refractivity contribution in [3.05, 3.63) is 35.7 Å². The summed E-state index contributed by atoms with van der Waals surface area (Å²) >= 11 is 0. The molecule has 0 aliphatic rings. The number of rotatable bonds is 4. The molecule has 0 aliphatic carbocycles. The van der Waals surface area contributed by atoms with E-state index in [2.05, 4.69) is 10.3 Å². The number of nitrogens with one attached hydrogen (secondary N) is 1. The third-order valence-corrected chi connectivity index (χ3v) is 1.95. The van der Waals surface area contributed by atoms with Gasteiger partial charge in [0.15, 0.2) is 0 Å². The first-order valence-corrected chi connectivity index (χ1v) is 5.16. The lowest BCUT2D eigenvalue weighted by atomic mass is 10.3. The van der Waals surface area contributed by atoms with Gasteiger partial charge in [0.05, 0.1) is 12.2 Å². The number of hydrogen-bond acceptors (Lipinski definition) is 4. The normalized spacial score (nSPS) is 11.1. The van der Waals surface area contributed by atoms with E-state index in [1.807, 2.05) is 19.1 Å². The Labute approximate surface area is 95.3 Å². The quantitative estimate of drug-likeness (QED) is 0.624. The molecule has 0 atom stereocenters. The van der Waals surface area contributed by atoms with E-state index in [9.17, 15) is 4.79 Å². The van der Waals surface area contributed by atoms with Crippen molar-refractivity contribution in [3.8, 4) is 0 Å². The van der Waals surface area contributed by atoms with Crippen LogP contribution in [0.25, 0.3) is 0 Å². The molecule has 0 aliphatic heterocycles. The molecular formula is C12H16N2O2. The minimum Gasteiger partial charge on any atom is -0.463 e. The summed E-state index contributed by atoms with van der Waals surface area (Å²) in [7, 11) is 0. The fourth-order valence-corrected chi connectivity index (χ4v) is 1.04. The summed E-state index contributed by atoms with van der Waals surface area (Å²) in [6.45, 7) is 5.82. The molecular weight excluding hydrogens is 204 g/mol. The fraction of sp³-hybridized carbons (Fsp3) is 0.333. The van der Waals surface area contributed by atoms with Crippen LogP contribution in [0.1, 0.15) is 19.4 Å². The molecule has 4 heteroatoms. The topological polar surface area (TPSA) is 51.2 Å². The van der Waals surface area contributed by atoms with Gasteiger partial charge in [-0.1, -0.05) is 6.07 Å². The molecule has 0 saturated carbocycles. The summed E-state index contributed by atoms with van der Waals surface area (Å²) in [4.78, 5) is 15.4. The van der Waals surface area contributed by atoms with Crippen LogP contribution in [0.3, 0.4) is 0 Å². The Balaban J connectivity index is 2.58. The maximum absolute atomic E-state index is 11.3. The fourth-order valence-electron chi connectivity index (χ4n) is 1.04. The van der Waals surface area contributed by atoms with Gasteiger partial charge in [0.25, 0.3) is 0 Å². The predicted octanol–water partition coefficient (Wildman–Crippen LogP) is 2.27. The molecule has 0 bridgehead atoms. The van der Waals surface area contributed by atoms with Crippen LogP contribution in [0, 0.1) is 6.92 Å². The molecule has 86 valence electrons. The highest BCUT2D eigenvalue weighted by molar-refractivity contribution is 5.88. The number of carbonyl (C=O) groups is 1. The van der Waals surface area contributed by atoms with Crippen LogP contribution in [0.5, 0.6) is 0 Å². The van der Waals surface area contributed by atoms with E-state index < -0.39 is 0 Å². The molecule has 4 nitrogen and oxygen atoms in total. The van der Waals surface area contributed by atoms with Gasteiger partial charge in [0, 0.05) is 12.4 Å². The SMILES string of the molecule is CCOC(=O)/C(C)=C/Nc1ccc(C)cn1. The maximum atomic E-state index is 11.3. The average Bonchev–Trinajstić information content (AvgIpc) is 2.28. The second-order valence-corrected chi connectivity index (χ2v) is 3.41. The molecule has 1 aromatic heterocycles. The van der Waals surface area contributed by atoms with Gasteiger partial charge in [-0.2, -0.15) is 0 Å². The van der Waals surface area contributed by atoms with Crippen molar-refractivity contribution in [2.75, 3.05) is 11.9 Å². The van der Waals surface area contributed by atoms with Gasteiger partial charge in [-0.05, 0) is 32.4 Å². The molecule has 0 saturated heterocycles. The Bertz CT molecular complexity index is 383. The third-order valence-electron chi connectivity index (χ3n) is 1.95. The van der Waals surface area contributed by atoms with Crippen molar-refractivity contribution in [1.29, 1.82) is 0 Å². The maximum Gasteiger partial charge on any atom is 0.335 e. The van der Waals surface area contributed by atoms with Crippen molar-refractivity contribution in [3.63, 3.8) is 0 Å². The van der Waals surface area contributed by atoms with E-state index in [0.717, 1.165) is 5.56 Å². The minimum atomic E-state index is -0.317. The summed E-state index contributed by atoms with van der Waals surface area (Å²) < 4.78 is 4.84. The number of anilines is 1. The number of pyridine rings is 1. The molecule has 1 rings (SSSR count). The second-order valence-electron chi connectivity index (χ2n) is 3.41. The molecule has 0 fully saturated rings. The zero-order chi connectivity index (χ0) is 12.0. The zero-order valence-electron chi connectivity index (χ0n) is 9.78. The predicted molar refractivity (Wildman–Crippen MR) is 63.0 cm³/mol. The summed E-state index contributed by atoms with van der Waals surface area (Å²) in [6.07, 6.45) is 3.35. The highest BCUT2D eigenvalue weighted by Gasteiger charge is 2.03. The lowest BCUT2D eigenvalue weighted by Crippen LogP contribution is -2.06. The Kier molecular flexibility index (Phi) is 4.51. The van der Waals surface area contributed by atoms with Crippen LogP contribution < -0.4 is 5.32 Å². The Morgan fingerprint density at radius 3 is 2.88 bits per heavy atom. The molecule has 1 heterocycles. The van der Waals surface area contributed by atoms with Crippen molar-refractivity contribution in [2.45, 2.75) is 20.8 Å². The molecule has 0 aromatic carbocycles. The summed E-state index contributed by atoms with van der Waals surface area (Å²) in [5.41, 5.74) is 1.61. The van der Waals surface area contributed by atoms with Gasteiger partial charge in [-0.3, -0.25) is 0 Å². The molecule has 0 radical (unpaired) electrons. The van der Waals surface area contributed by atoms with E-state index in [1.54, 1.807) is 26.2 Å². The minimum absolute atomic E-state index is 0.317. The van der Waals surface area contributed by atoms with Crippen molar-refractivity contribution in [1.82, 2.24) is 4.98 Å². The van der Waals surface area contributed by atoms with E-state index >= 15 is 0 Å². The first-order chi connectivity index (χ1) is 7.63. The Morgan fingerprint density at radius 2 is 2.31 bits per heavy atom. The van der Waals surface area contributed by atoms with Crippen LogP contribution in [-0.2, 0) is 9.53 Å². The van der Waals surface area contributed by atoms with Gasteiger partial charge in [-0.15, -0.1) is 0 Å². The smallest absolute Gasteiger partial charge is 0.335 e. The third kappa shape index (κ3) is 3.73. The highest BCUT2D eigenvalue weighted by Crippen LogP contribution is 2.05. The first kappa shape index (κ1) is 12.2. The van der Waals surface area contributed by atoms with Crippen LogP contribution in [0.15, 0.2) is 30.1 Å². The zero-order valence-corrected chi connectivity index (χ0v) is 9.78. The van der Waals surface area contributed by atoms with Gasteiger partial charge >= 0.3 is 5.97 Å². The molecule has 0 unspecified atom stereocenters. The number of aromatic nitrogens is 1. The van der Waals surface area contributed by atoms with E-state index in [4.69, 9.17) is 4.74 Å². The van der Waals surface area contributed by atoms with Gasteiger partial charge in [-0.25, -0.2) is 9.78 Å². The van der Waals surface area contributed by atoms with Crippen molar-refractivity contribution in [2.24, 2.45) is 0 Å². The number of hydrogen-bond donors (Lipinski definition) is 1. The molecule has 0 amide bonds. The van der Waals surface area contributed by atoms with Crippen LogP contribution >= 0.6 is 0 Å². The monoisotopic (exact) mass is 220 g/mol. The molecule has 1 aromatic rings. The van der Waals surface area contributed by atoms with Crippen LogP contribution in [-0.4, -0.2) is 17.6 Å². The molecule has 1 N–H and O–H groups in total. The largest absolute Gasteiger partial charge is 0.463 e. The molecule has 16 heavy (non-hydrogen) atoms. The lowest BCUT2D eigenvalue weighted by Gasteiger charge is -2.03.